The van der Waals surface area contributed by atoms with Crippen molar-refractivity contribution in [3.05, 3.63) is 29.3 Å². The molecule has 0 heterocycles. The molecule has 16 heavy (non-hydrogen) atoms. The lowest BCUT2D eigenvalue weighted by Crippen LogP contribution is -2.32. The third-order valence-electron chi connectivity index (χ3n) is 2.39. The van der Waals surface area contributed by atoms with Crippen LogP contribution in [0.2, 0.25) is 0 Å². The van der Waals surface area contributed by atoms with Crippen LogP contribution in [0, 0.1) is 19.8 Å². The highest BCUT2D eigenvalue weighted by Gasteiger charge is 2.06. The van der Waals surface area contributed by atoms with Crippen LogP contribution in [0.4, 0.5) is 10.5 Å². The predicted molar refractivity (Wildman–Crippen MR) is 67.8 cm³/mol. The van der Waals surface area contributed by atoms with E-state index in [0.717, 1.165) is 16.8 Å². The van der Waals surface area contributed by atoms with Crippen LogP contribution in [0.5, 0.6) is 0 Å². The number of urea groups is 1. The first-order valence-electron chi connectivity index (χ1n) is 5.61. The van der Waals surface area contributed by atoms with Gasteiger partial charge in [-0.2, -0.15) is 0 Å². The van der Waals surface area contributed by atoms with Gasteiger partial charge in [0.15, 0.2) is 0 Å². The van der Waals surface area contributed by atoms with Crippen LogP contribution in [0.3, 0.4) is 0 Å². The molecule has 3 heteroatoms. The van der Waals surface area contributed by atoms with Gasteiger partial charge < -0.3 is 10.6 Å². The molecule has 0 bridgehead atoms. The second kappa shape index (κ2) is 5.54. The molecule has 3 nitrogen and oxygen atoms in total. The molecule has 0 atom stereocenters. The largest absolute Gasteiger partial charge is 0.338 e. The van der Waals surface area contributed by atoms with Gasteiger partial charge >= 0.3 is 6.03 Å². The van der Waals surface area contributed by atoms with Gasteiger partial charge in [-0.3, -0.25) is 0 Å². The fraction of sp³-hybridized carbons (Fsp3) is 0.462. The predicted octanol–water partition coefficient (Wildman–Crippen LogP) is 3.08. The molecular weight excluding hydrogens is 200 g/mol. The van der Waals surface area contributed by atoms with Crippen molar-refractivity contribution in [1.29, 1.82) is 0 Å². The van der Waals surface area contributed by atoms with E-state index in [1.165, 1.54) is 0 Å². The first-order chi connectivity index (χ1) is 7.50. The molecule has 1 rings (SSSR count). The number of benzene rings is 1. The summed E-state index contributed by atoms with van der Waals surface area (Å²) in [6.07, 6.45) is 0. The van der Waals surface area contributed by atoms with E-state index in [9.17, 15) is 4.79 Å². The number of hydrogen-bond donors (Lipinski definition) is 2. The minimum absolute atomic E-state index is 0.133. The van der Waals surface area contributed by atoms with Crippen molar-refractivity contribution in [1.82, 2.24) is 5.32 Å². The van der Waals surface area contributed by atoms with Crippen LogP contribution in [-0.2, 0) is 0 Å². The Morgan fingerprint density at radius 3 is 2.31 bits per heavy atom. The summed E-state index contributed by atoms with van der Waals surface area (Å²) in [5, 5.41) is 5.72. The highest BCUT2D eigenvalue weighted by atomic mass is 16.2. The van der Waals surface area contributed by atoms with Gasteiger partial charge in [0.25, 0.3) is 0 Å². The molecule has 88 valence electrons. The van der Waals surface area contributed by atoms with Gasteiger partial charge in [0.2, 0.25) is 0 Å². The Bertz CT molecular complexity index is 352. The topological polar surface area (TPSA) is 41.1 Å². The molecule has 0 unspecified atom stereocenters. The van der Waals surface area contributed by atoms with Crippen LogP contribution in [0.25, 0.3) is 0 Å². The van der Waals surface area contributed by atoms with E-state index < -0.39 is 0 Å². The Labute approximate surface area is 97.2 Å². The maximum Gasteiger partial charge on any atom is 0.319 e. The van der Waals surface area contributed by atoms with E-state index in [1.54, 1.807) is 0 Å². The van der Waals surface area contributed by atoms with Crippen LogP contribution in [-0.4, -0.2) is 12.6 Å². The number of aryl methyl sites for hydroxylation is 2. The smallest absolute Gasteiger partial charge is 0.319 e. The summed E-state index contributed by atoms with van der Waals surface area (Å²) >= 11 is 0. The molecule has 0 fully saturated rings. The first kappa shape index (κ1) is 12.6. The maximum absolute atomic E-state index is 11.6. The van der Waals surface area contributed by atoms with Crippen molar-refractivity contribution < 1.29 is 4.79 Å². The first-order valence-corrected chi connectivity index (χ1v) is 5.61. The Morgan fingerprint density at radius 1 is 1.25 bits per heavy atom. The number of anilines is 1. The lowest BCUT2D eigenvalue weighted by Gasteiger charge is -2.13. The lowest BCUT2D eigenvalue weighted by molar-refractivity contribution is 0.251. The monoisotopic (exact) mass is 220 g/mol. The van der Waals surface area contributed by atoms with Crippen molar-refractivity contribution >= 4 is 11.7 Å². The molecule has 0 aromatic heterocycles. The van der Waals surface area contributed by atoms with Gasteiger partial charge in [0.1, 0.15) is 0 Å². The summed E-state index contributed by atoms with van der Waals surface area (Å²) in [4.78, 5) is 11.6. The van der Waals surface area contributed by atoms with Crippen molar-refractivity contribution in [2.24, 2.45) is 5.92 Å². The summed E-state index contributed by atoms with van der Waals surface area (Å²) in [6.45, 7) is 8.81. The van der Waals surface area contributed by atoms with E-state index >= 15 is 0 Å². The molecule has 0 aliphatic heterocycles. The lowest BCUT2D eigenvalue weighted by atomic mass is 10.1. The van der Waals surface area contributed by atoms with Gasteiger partial charge in [-0.05, 0) is 30.9 Å². The Kier molecular flexibility index (Phi) is 4.35. The van der Waals surface area contributed by atoms with Crippen LogP contribution in [0.1, 0.15) is 25.0 Å². The molecule has 2 amide bonds. The molecule has 0 aliphatic rings. The average Bonchev–Trinajstić information content (AvgIpc) is 2.21. The van der Waals surface area contributed by atoms with Crippen molar-refractivity contribution in [2.45, 2.75) is 27.7 Å². The third kappa shape index (κ3) is 3.57. The minimum Gasteiger partial charge on any atom is -0.338 e. The summed E-state index contributed by atoms with van der Waals surface area (Å²) in [5.41, 5.74) is 3.07. The SMILES string of the molecule is Cc1cccc(C)c1NC(=O)NCC(C)C. The van der Waals surface area contributed by atoms with Crippen molar-refractivity contribution in [3.8, 4) is 0 Å². The second-order valence-electron chi connectivity index (χ2n) is 4.50. The standard InChI is InChI=1S/C13H20N2O/c1-9(2)8-14-13(16)15-12-10(3)6-5-7-11(12)4/h5-7,9H,8H2,1-4H3,(H2,14,15,16). The molecule has 1 aromatic rings. The molecule has 0 radical (unpaired) electrons. The average molecular weight is 220 g/mol. The highest BCUT2D eigenvalue weighted by Crippen LogP contribution is 2.18. The summed E-state index contributed by atoms with van der Waals surface area (Å²) in [6, 6.07) is 5.84. The van der Waals surface area contributed by atoms with E-state index in [0.29, 0.717) is 12.5 Å². The van der Waals surface area contributed by atoms with Crippen molar-refractivity contribution in [3.63, 3.8) is 0 Å². The number of nitrogens with one attached hydrogen (secondary N) is 2. The van der Waals surface area contributed by atoms with E-state index in [4.69, 9.17) is 0 Å². The summed E-state index contributed by atoms with van der Waals surface area (Å²) in [7, 11) is 0. The van der Waals surface area contributed by atoms with Gasteiger partial charge in [-0.1, -0.05) is 32.0 Å². The second-order valence-corrected chi connectivity index (χ2v) is 4.50. The number of hydrogen-bond acceptors (Lipinski definition) is 1. The van der Waals surface area contributed by atoms with Gasteiger partial charge in [0.05, 0.1) is 0 Å². The van der Waals surface area contributed by atoms with E-state index in [2.05, 4.69) is 24.5 Å². The van der Waals surface area contributed by atoms with Crippen LogP contribution >= 0.6 is 0 Å². The van der Waals surface area contributed by atoms with E-state index in [-0.39, 0.29) is 6.03 Å². The number of rotatable bonds is 3. The number of carbonyl (C=O) groups is 1. The molecule has 0 saturated carbocycles. The Balaban J connectivity index is 2.63. The van der Waals surface area contributed by atoms with Crippen molar-refractivity contribution in [2.75, 3.05) is 11.9 Å². The Morgan fingerprint density at radius 2 is 1.81 bits per heavy atom. The molecule has 0 saturated heterocycles. The minimum atomic E-state index is -0.133. The molecule has 2 N–H and O–H groups in total. The number of carbonyl (C=O) groups excluding carboxylic acids is 1. The summed E-state index contributed by atoms with van der Waals surface area (Å²) < 4.78 is 0. The van der Waals surface area contributed by atoms with Gasteiger partial charge in [-0.15, -0.1) is 0 Å². The quantitative estimate of drug-likeness (QED) is 0.807. The van der Waals surface area contributed by atoms with Crippen LogP contribution < -0.4 is 10.6 Å². The number of amides is 2. The molecule has 0 aliphatic carbocycles. The fourth-order valence-electron chi connectivity index (χ4n) is 1.47. The molecular formula is C13H20N2O. The maximum atomic E-state index is 11.6. The fourth-order valence-corrected chi connectivity index (χ4v) is 1.47. The molecule has 1 aromatic carbocycles. The summed E-state index contributed by atoms with van der Waals surface area (Å²) in [5.74, 6) is 0.462. The zero-order chi connectivity index (χ0) is 12.1. The Hall–Kier alpha value is -1.51. The zero-order valence-electron chi connectivity index (χ0n) is 10.4. The zero-order valence-corrected chi connectivity index (χ0v) is 10.4. The molecule has 0 spiro atoms. The van der Waals surface area contributed by atoms with Crippen LogP contribution in [0.15, 0.2) is 18.2 Å². The van der Waals surface area contributed by atoms with Gasteiger partial charge in [-0.25, -0.2) is 4.79 Å². The highest BCUT2D eigenvalue weighted by molar-refractivity contribution is 5.90. The van der Waals surface area contributed by atoms with Gasteiger partial charge in [0, 0.05) is 12.2 Å². The van der Waals surface area contributed by atoms with E-state index in [1.807, 2.05) is 32.0 Å². The number of para-hydroxylation sites is 1. The normalized spacial score (nSPS) is 10.3. The third-order valence-corrected chi connectivity index (χ3v) is 2.39.